The predicted molar refractivity (Wildman–Crippen MR) is 92.8 cm³/mol. The van der Waals surface area contributed by atoms with Gasteiger partial charge in [0.05, 0.1) is 0 Å². The molecule has 0 amide bonds. The Kier molecular flexibility index (Phi) is 5.52. The van der Waals surface area contributed by atoms with Crippen molar-refractivity contribution in [1.82, 2.24) is 5.32 Å². The van der Waals surface area contributed by atoms with Crippen LogP contribution in [0.1, 0.15) is 5.56 Å². The number of nitriles is 1. The molecule has 110 valence electrons. The van der Waals surface area contributed by atoms with E-state index in [1.54, 1.807) is 0 Å². The van der Waals surface area contributed by atoms with E-state index in [4.69, 9.17) is 18.0 Å². The van der Waals surface area contributed by atoms with Gasteiger partial charge in [-0.1, -0.05) is 60.7 Å². The van der Waals surface area contributed by atoms with Gasteiger partial charge in [0.25, 0.3) is 0 Å². The van der Waals surface area contributed by atoms with Crippen molar-refractivity contribution in [2.75, 3.05) is 5.32 Å². The average Bonchev–Trinajstić information content (AvgIpc) is 2.55. The SMILES string of the molecule is N#C/C(C(=S)Nc1ccccc1)=C(/N)NCc1ccccc1. The van der Waals surface area contributed by atoms with Gasteiger partial charge in [-0.3, -0.25) is 0 Å². The number of nitrogens with two attached hydrogens (primary N) is 1. The third kappa shape index (κ3) is 4.33. The number of rotatable bonds is 5. The molecule has 0 bridgehead atoms. The van der Waals surface area contributed by atoms with Crippen LogP contribution in [-0.2, 0) is 6.54 Å². The van der Waals surface area contributed by atoms with Crippen molar-refractivity contribution < 1.29 is 0 Å². The van der Waals surface area contributed by atoms with Gasteiger partial charge in [-0.15, -0.1) is 0 Å². The highest BCUT2D eigenvalue weighted by atomic mass is 32.1. The van der Waals surface area contributed by atoms with Crippen LogP contribution in [0.5, 0.6) is 0 Å². The highest BCUT2D eigenvalue weighted by Crippen LogP contribution is 2.09. The molecule has 2 aromatic rings. The Morgan fingerprint density at radius 3 is 2.23 bits per heavy atom. The van der Waals surface area contributed by atoms with Gasteiger partial charge in [0, 0.05) is 12.2 Å². The monoisotopic (exact) mass is 308 g/mol. The molecule has 0 spiro atoms. The van der Waals surface area contributed by atoms with Crippen LogP contribution in [0.2, 0.25) is 0 Å². The van der Waals surface area contributed by atoms with Crippen LogP contribution in [0.4, 0.5) is 5.69 Å². The number of anilines is 1. The average molecular weight is 308 g/mol. The first-order chi connectivity index (χ1) is 10.7. The molecule has 4 nitrogen and oxygen atoms in total. The fraction of sp³-hybridized carbons (Fsp3) is 0.0588. The van der Waals surface area contributed by atoms with Gasteiger partial charge in [0.1, 0.15) is 22.5 Å². The molecule has 0 unspecified atom stereocenters. The van der Waals surface area contributed by atoms with Crippen molar-refractivity contribution in [2.24, 2.45) is 5.73 Å². The summed E-state index contributed by atoms with van der Waals surface area (Å²) in [7, 11) is 0. The molecule has 0 saturated heterocycles. The fourth-order valence-electron chi connectivity index (χ4n) is 1.83. The maximum absolute atomic E-state index is 9.29. The summed E-state index contributed by atoms with van der Waals surface area (Å²) in [6.07, 6.45) is 0. The Bertz CT molecular complexity index is 702. The zero-order chi connectivity index (χ0) is 15.8. The second-order valence-corrected chi connectivity index (χ2v) is 4.97. The highest BCUT2D eigenvalue weighted by molar-refractivity contribution is 7.81. The molecule has 0 aliphatic heterocycles. The minimum Gasteiger partial charge on any atom is -0.384 e. The Labute approximate surface area is 135 Å². The first kappa shape index (κ1) is 15.5. The van der Waals surface area contributed by atoms with E-state index >= 15 is 0 Å². The summed E-state index contributed by atoms with van der Waals surface area (Å²) in [5.41, 5.74) is 8.07. The van der Waals surface area contributed by atoms with Crippen LogP contribution in [-0.4, -0.2) is 4.99 Å². The molecular weight excluding hydrogens is 292 g/mol. The Hall–Kier alpha value is -2.84. The predicted octanol–water partition coefficient (Wildman–Crippen LogP) is 2.91. The Morgan fingerprint density at radius 1 is 1.05 bits per heavy atom. The van der Waals surface area contributed by atoms with Gasteiger partial charge in [0.15, 0.2) is 0 Å². The van der Waals surface area contributed by atoms with Crippen LogP contribution in [0, 0.1) is 11.3 Å². The van der Waals surface area contributed by atoms with Crippen molar-refractivity contribution >= 4 is 22.9 Å². The van der Waals surface area contributed by atoms with Gasteiger partial charge in [-0.05, 0) is 17.7 Å². The number of nitrogens with one attached hydrogen (secondary N) is 2. The second kappa shape index (κ2) is 7.81. The number of para-hydroxylation sites is 1. The Balaban J connectivity index is 2.05. The lowest BCUT2D eigenvalue weighted by Crippen LogP contribution is -2.25. The molecule has 2 aromatic carbocycles. The molecule has 0 heterocycles. The Morgan fingerprint density at radius 2 is 1.64 bits per heavy atom. The lowest BCUT2D eigenvalue weighted by molar-refractivity contribution is 0.796. The molecule has 0 radical (unpaired) electrons. The van der Waals surface area contributed by atoms with E-state index < -0.39 is 0 Å². The maximum Gasteiger partial charge on any atom is 0.126 e. The van der Waals surface area contributed by atoms with Gasteiger partial charge in [-0.2, -0.15) is 5.26 Å². The topological polar surface area (TPSA) is 73.9 Å². The minimum absolute atomic E-state index is 0.231. The van der Waals surface area contributed by atoms with Crippen LogP contribution in [0.3, 0.4) is 0 Å². The fourth-order valence-corrected chi connectivity index (χ4v) is 2.10. The summed E-state index contributed by atoms with van der Waals surface area (Å²) in [6.45, 7) is 0.534. The van der Waals surface area contributed by atoms with Gasteiger partial charge in [-0.25, -0.2) is 0 Å². The molecular formula is C17H16N4S. The van der Waals surface area contributed by atoms with E-state index in [1.807, 2.05) is 66.7 Å². The van der Waals surface area contributed by atoms with Crippen molar-refractivity contribution in [1.29, 1.82) is 5.26 Å². The number of hydrogen-bond donors (Lipinski definition) is 3. The third-order valence-electron chi connectivity index (χ3n) is 2.97. The van der Waals surface area contributed by atoms with E-state index in [0.29, 0.717) is 11.5 Å². The normalized spacial score (nSPS) is 11.0. The minimum atomic E-state index is 0.231. The van der Waals surface area contributed by atoms with Crippen LogP contribution in [0.25, 0.3) is 0 Å². The van der Waals surface area contributed by atoms with E-state index in [0.717, 1.165) is 11.3 Å². The molecule has 2 rings (SSSR count). The first-order valence-electron chi connectivity index (χ1n) is 6.74. The van der Waals surface area contributed by atoms with E-state index in [9.17, 15) is 5.26 Å². The van der Waals surface area contributed by atoms with Gasteiger partial charge in [0.2, 0.25) is 0 Å². The van der Waals surface area contributed by atoms with Crippen molar-refractivity contribution in [3.8, 4) is 6.07 Å². The molecule has 0 aromatic heterocycles. The summed E-state index contributed by atoms with van der Waals surface area (Å²) in [4.78, 5) is 0.298. The lowest BCUT2D eigenvalue weighted by atomic mass is 10.2. The van der Waals surface area contributed by atoms with Gasteiger partial charge >= 0.3 is 0 Å². The zero-order valence-electron chi connectivity index (χ0n) is 11.9. The van der Waals surface area contributed by atoms with Crippen LogP contribution in [0.15, 0.2) is 72.1 Å². The standard InChI is InChI=1S/C17H16N4S/c18-11-15(17(22)21-14-9-5-2-6-10-14)16(19)20-12-13-7-3-1-4-8-13/h1-10,20H,12,19H2,(H,21,22)/b16-15+. The smallest absolute Gasteiger partial charge is 0.126 e. The van der Waals surface area contributed by atoms with E-state index in [-0.39, 0.29) is 11.4 Å². The molecule has 22 heavy (non-hydrogen) atoms. The van der Waals surface area contributed by atoms with E-state index in [1.165, 1.54) is 0 Å². The lowest BCUT2D eigenvalue weighted by Gasteiger charge is -2.11. The highest BCUT2D eigenvalue weighted by Gasteiger charge is 2.10. The molecule has 0 atom stereocenters. The zero-order valence-corrected chi connectivity index (χ0v) is 12.7. The van der Waals surface area contributed by atoms with Crippen LogP contribution < -0.4 is 16.4 Å². The molecule has 0 aliphatic carbocycles. The number of hydrogen-bond acceptors (Lipinski definition) is 4. The molecule has 0 saturated carbocycles. The summed E-state index contributed by atoms with van der Waals surface area (Å²) < 4.78 is 0. The number of nitrogens with zero attached hydrogens (tertiary/aromatic N) is 1. The number of benzene rings is 2. The van der Waals surface area contributed by atoms with Crippen LogP contribution >= 0.6 is 12.2 Å². The summed E-state index contributed by atoms with van der Waals surface area (Å²) in [5.74, 6) is 0.264. The third-order valence-corrected chi connectivity index (χ3v) is 3.27. The number of thiocarbonyl (C=S) groups is 1. The quantitative estimate of drug-likeness (QED) is 0.450. The molecule has 4 N–H and O–H groups in total. The maximum atomic E-state index is 9.29. The largest absolute Gasteiger partial charge is 0.384 e. The summed E-state index contributed by atoms with van der Waals surface area (Å²) >= 11 is 5.25. The van der Waals surface area contributed by atoms with Gasteiger partial charge < -0.3 is 16.4 Å². The van der Waals surface area contributed by atoms with Crippen molar-refractivity contribution in [3.63, 3.8) is 0 Å². The van der Waals surface area contributed by atoms with Crippen molar-refractivity contribution in [2.45, 2.75) is 6.54 Å². The molecule has 0 fully saturated rings. The second-order valence-electron chi connectivity index (χ2n) is 4.56. The first-order valence-corrected chi connectivity index (χ1v) is 7.15. The van der Waals surface area contributed by atoms with E-state index in [2.05, 4.69) is 10.6 Å². The molecule has 0 aliphatic rings. The molecule has 5 heteroatoms. The summed E-state index contributed by atoms with van der Waals surface area (Å²) in [6, 6.07) is 21.3. The van der Waals surface area contributed by atoms with Crippen molar-refractivity contribution in [3.05, 3.63) is 77.6 Å². The summed E-state index contributed by atoms with van der Waals surface area (Å²) in [5, 5.41) is 15.3.